The minimum Gasteiger partial charge on any atom is -0.494 e. The first-order valence-electron chi connectivity index (χ1n) is 9.45. The van der Waals surface area contributed by atoms with Crippen LogP contribution in [0.15, 0.2) is 28.8 Å². The Labute approximate surface area is 165 Å². The van der Waals surface area contributed by atoms with E-state index in [1.807, 2.05) is 52.0 Å². The van der Waals surface area contributed by atoms with Crippen molar-refractivity contribution in [3.8, 4) is 5.75 Å². The Kier molecular flexibility index (Phi) is 7.61. The van der Waals surface area contributed by atoms with Gasteiger partial charge in [0.15, 0.2) is 0 Å². The molecule has 0 fully saturated rings. The number of nitrogens with one attached hydrogen (secondary N) is 1. The molecule has 0 radical (unpaired) electrons. The third-order valence-electron chi connectivity index (χ3n) is 4.68. The molecule has 1 aromatic carbocycles. The fourth-order valence-electron chi connectivity index (χ4n) is 3.30. The van der Waals surface area contributed by atoms with Crippen molar-refractivity contribution in [2.75, 3.05) is 13.2 Å². The SMILES string of the molecule is CCOc1ccc(CC(CNC(=O)CC(C)c2c(C)noc2C)C(=O)O)cc1. The van der Waals surface area contributed by atoms with Crippen molar-refractivity contribution < 1.29 is 24.0 Å². The van der Waals surface area contributed by atoms with Crippen LogP contribution >= 0.6 is 0 Å². The molecule has 0 saturated carbocycles. The van der Waals surface area contributed by atoms with E-state index in [-0.39, 0.29) is 24.8 Å². The molecule has 1 amide bonds. The first-order valence-corrected chi connectivity index (χ1v) is 9.45. The summed E-state index contributed by atoms with van der Waals surface area (Å²) in [5.74, 6) is -0.424. The van der Waals surface area contributed by atoms with Gasteiger partial charge in [-0.3, -0.25) is 9.59 Å². The highest BCUT2D eigenvalue weighted by Gasteiger charge is 2.22. The van der Waals surface area contributed by atoms with Crippen LogP contribution in [-0.2, 0) is 16.0 Å². The van der Waals surface area contributed by atoms with Crippen LogP contribution in [0.3, 0.4) is 0 Å². The number of nitrogens with zero attached hydrogens (tertiary/aromatic N) is 1. The van der Waals surface area contributed by atoms with Crippen molar-refractivity contribution in [1.82, 2.24) is 10.5 Å². The summed E-state index contributed by atoms with van der Waals surface area (Å²) in [4.78, 5) is 23.9. The van der Waals surface area contributed by atoms with Gasteiger partial charge in [0.05, 0.1) is 18.2 Å². The number of aryl methyl sites for hydroxylation is 2. The number of carbonyl (C=O) groups excluding carboxylic acids is 1. The van der Waals surface area contributed by atoms with Crippen molar-refractivity contribution >= 4 is 11.9 Å². The van der Waals surface area contributed by atoms with E-state index >= 15 is 0 Å². The summed E-state index contributed by atoms with van der Waals surface area (Å²) in [6.45, 7) is 8.16. The van der Waals surface area contributed by atoms with E-state index in [0.717, 1.165) is 22.6 Å². The van der Waals surface area contributed by atoms with E-state index in [1.54, 1.807) is 0 Å². The summed E-state index contributed by atoms with van der Waals surface area (Å²) in [5, 5.41) is 16.2. The number of aromatic nitrogens is 1. The monoisotopic (exact) mass is 388 g/mol. The van der Waals surface area contributed by atoms with Crippen LogP contribution < -0.4 is 10.1 Å². The second-order valence-electron chi connectivity index (χ2n) is 6.96. The van der Waals surface area contributed by atoms with Crippen molar-refractivity contribution in [3.63, 3.8) is 0 Å². The molecule has 0 aliphatic rings. The summed E-state index contributed by atoms with van der Waals surface area (Å²) in [5.41, 5.74) is 2.59. The molecule has 0 saturated heterocycles. The van der Waals surface area contributed by atoms with Gasteiger partial charge in [-0.25, -0.2) is 0 Å². The number of hydrogen-bond acceptors (Lipinski definition) is 5. The molecule has 2 N–H and O–H groups in total. The number of ether oxygens (including phenoxy) is 1. The molecule has 2 aromatic rings. The van der Waals surface area contributed by atoms with E-state index in [4.69, 9.17) is 9.26 Å². The molecule has 152 valence electrons. The number of amides is 1. The van der Waals surface area contributed by atoms with E-state index in [2.05, 4.69) is 10.5 Å². The molecule has 7 nitrogen and oxygen atoms in total. The van der Waals surface area contributed by atoms with Crippen LogP contribution in [-0.4, -0.2) is 35.3 Å². The van der Waals surface area contributed by atoms with Crippen LogP contribution in [0.5, 0.6) is 5.75 Å². The van der Waals surface area contributed by atoms with Gasteiger partial charge in [-0.2, -0.15) is 0 Å². The molecule has 0 bridgehead atoms. The minimum absolute atomic E-state index is 0.0550. The summed E-state index contributed by atoms with van der Waals surface area (Å²) < 4.78 is 10.5. The molecule has 28 heavy (non-hydrogen) atoms. The molecule has 0 aliphatic heterocycles. The Morgan fingerprint density at radius 1 is 1.25 bits per heavy atom. The molecular formula is C21H28N2O5. The van der Waals surface area contributed by atoms with Crippen molar-refractivity contribution in [3.05, 3.63) is 46.8 Å². The lowest BCUT2D eigenvalue weighted by atomic mass is 9.95. The highest BCUT2D eigenvalue weighted by atomic mass is 16.5. The molecule has 2 atom stereocenters. The summed E-state index contributed by atoms with van der Waals surface area (Å²) in [6, 6.07) is 7.34. The predicted molar refractivity (Wildman–Crippen MR) is 104 cm³/mol. The minimum atomic E-state index is -0.937. The first kappa shape index (κ1) is 21.5. The number of rotatable bonds is 10. The molecule has 0 aliphatic carbocycles. The lowest BCUT2D eigenvalue weighted by Gasteiger charge is -2.16. The maximum atomic E-state index is 12.3. The van der Waals surface area contributed by atoms with Crippen molar-refractivity contribution in [1.29, 1.82) is 0 Å². The number of aliphatic carboxylic acids is 1. The zero-order chi connectivity index (χ0) is 20.7. The zero-order valence-electron chi connectivity index (χ0n) is 16.8. The number of carbonyl (C=O) groups is 2. The topological polar surface area (TPSA) is 102 Å². The van der Waals surface area contributed by atoms with Crippen molar-refractivity contribution in [2.24, 2.45) is 5.92 Å². The Hall–Kier alpha value is -2.83. The second-order valence-corrected chi connectivity index (χ2v) is 6.96. The zero-order valence-corrected chi connectivity index (χ0v) is 16.8. The van der Waals surface area contributed by atoms with Crippen LogP contribution in [0.1, 0.15) is 48.8 Å². The Morgan fingerprint density at radius 2 is 1.93 bits per heavy atom. The fourth-order valence-corrected chi connectivity index (χ4v) is 3.30. The molecule has 2 unspecified atom stereocenters. The number of hydrogen-bond donors (Lipinski definition) is 2. The highest BCUT2D eigenvalue weighted by Crippen LogP contribution is 2.25. The third-order valence-corrected chi connectivity index (χ3v) is 4.68. The van der Waals surface area contributed by atoms with E-state index in [0.29, 0.717) is 18.8 Å². The largest absolute Gasteiger partial charge is 0.494 e. The summed E-state index contributed by atoms with van der Waals surface area (Å²) in [6.07, 6.45) is 0.583. The maximum Gasteiger partial charge on any atom is 0.308 e. The fraction of sp³-hybridized carbons (Fsp3) is 0.476. The number of carboxylic acids is 1. The van der Waals surface area contributed by atoms with Crippen molar-refractivity contribution in [2.45, 2.75) is 46.5 Å². The molecule has 1 heterocycles. The Morgan fingerprint density at radius 3 is 2.46 bits per heavy atom. The maximum absolute atomic E-state index is 12.3. The van der Waals surface area contributed by atoms with Gasteiger partial charge >= 0.3 is 5.97 Å². The standard InChI is InChI=1S/C21H28N2O5/c1-5-27-18-8-6-16(7-9-18)11-17(21(25)26)12-22-19(24)10-13(2)20-14(3)23-28-15(20)4/h6-9,13,17H,5,10-12H2,1-4H3,(H,22,24)(H,25,26). The van der Waals surface area contributed by atoms with Gasteiger partial charge in [-0.1, -0.05) is 24.2 Å². The van der Waals surface area contributed by atoms with Gasteiger partial charge in [0.1, 0.15) is 11.5 Å². The number of benzene rings is 1. The van der Waals surface area contributed by atoms with Crippen LogP contribution in [0, 0.1) is 19.8 Å². The quantitative estimate of drug-likeness (QED) is 0.648. The van der Waals surface area contributed by atoms with Gasteiger partial charge in [-0.05, 0) is 50.8 Å². The lowest BCUT2D eigenvalue weighted by molar-refractivity contribution is -0.141. The van der Waals surface area contributed by atoms with Crippen LogP contribution in [0.4, 0.5) is 0 Å². The number of carboxylic acid groups (broad SMARTS) is 1. The molecule has 7 heteroatoms. The van der Waals surface area contributed by atoms with Gasteiger partial charge in [-0.15, -0.1) is 0 Å². The predicted octanol–water partition coefficient (Wildman–Crippen LogP) is 3.24. The summed E-state index contributed by atoms with van der Waals surface area (Å²) >= 11 is 0. The smallest absolute Gasteiger partial charge is 0.308 e. The van der Waals surface area contributed by atoms with E-state index in [1.165, 1.54) is 0 Å². The average Bonchev–Trinajstić information content (AvgIpc) is 2.98. The second kappa shape index (κ2) is 9.92. The van der Waals surface area contributed by atoms with Crippen LogP contribution in [0.25, 0.3) is 0 Å². The van der Waals surface area contributed by atoms with E-state index < -0.39 is 11.9 Å². The lowest BCUT2D eigenvalue weighted by Crippen LogP contribution is -2.34. The normalized spacial score (nSPS) is 13.0. The first-order chi connectivity index (χ1) is 13.3. The van der Waals surface area contributed by atoms with Gasteiger partial charge in [0.2, 0.25) is 5.91 Å². The molecule has 2 rings (SSSR count). The van der Waals surface area contributed by atoms with Gasteiger partial charge < -0.3 is 19.7 Å². The Bertz CT molecular complexity index is 778. The van der Waals surface area contributed by atoms with Crippen LogP contribution in [0.2, 0.25) is 0 Å². The van der Waals surface area contributed by atoms with Gasteiger partial charge in [0, 0.05) is 18.5 Å². The Balaban J connectivity index is 1.90. The van der Waals surface area contributed by atoms with E-state index in [9.17, 15) is 14.7 Å². The average molecular weight is 388 g/mol. The van der Waals surface area contributed by atoms with Gasteiger partial charge in [0.25, 0.3) is 0 Å². The molecule has 1 aromatic heterocycles. The molecule has 0 spiro atoms. The highest BCUT2D eigenvalue weighted by molar-refractivity contribution is 5.78. The summed E-state index contributed by atoms with van der Waals surface area (Å²) in [7, 11) is 0. The molecular weight excluding hydrogens is 360 g/mol. The third kappa shape index (κ3) is 5.84.